The van der Waals surface area contributed by atoms with E-state index in [1.54, 1.807) is 6.20 Å². The smallest absolute Gasteiger partial charge is 0.477 e. The zero-order valence-electron chi connectivity index (χ0n) is 11.8. The summed E-state index contributed by atoms with van der Waals surface area (Å²) in [6.07, 6.45) is 1.74. The lowest BCUT2D eigenvalue weighted by atomic mass is 9.80. The highest BCUT2D eigenvalue weighted by atomic mass is 79.9. The van der Waals surface area contributed by atoms with Gasteiger partial charge < -0.3 is 14.0 Å². The van der Waals surface area contributed by atoms with Gasteiger partial charge in [0, 0.05) is 17.0 Å². The van der Waals surface area contributed by atoms with Crippen LogP contribution in [0.4, 0.5) is 0 Å². The first-order valence-electron chi connectivity index (χ1n) is 6.36. The summed E-state index contributed by atoms with van der Waals surface area (Å²) in [6, 6.07) is 3.77. The van der Waals surface area contributed by atoms with E-state index in [4.69, 9.17) is 14.0 Å². The van der Waals surface area contributed by atoms with E-state index in [2.05, 4.69) is 20.9 Å². The number of alkyl halides is 1. The van der Waals surface area contributed by atoms with Gasteiger partial charge in [0.15, 0.2) is 0 Å². The molecule has 2 rings (SSSR count). The van der Waals surface area contributed by atoms with Crippen molar-refractivity contribution in [2.24, 2.45) is 0 Å². The maximum atomic E-state index is 5.96. The largest absolute Gasteiger partial charge is 0.496 e. The van der Waals surface area contributed by atoms with Gasteiger partial charge in [0.05, 0.1) is 17.8 Å². The van der Waals surface area contributed by atoms with Gasteiger partial charge in [-0.1, -0.05) is 22.0 Å². The van der Waals surface area contributed by atoms with Crippen LogP contribution < -0.4 is 10.2 Å². The molecule has 104 valence electrons. The van der Waals surface area contributed by atoms with Gasteiger partial charge in [-0.2, -0.15) is 0 Å². The molecule has 0 aromatic carbocycles. The molecule has 0 amide bonds. The Bertz CT molecular complexity index is 420. The molecule has 0 spiro atoms. The highest BCUT2D eigenvalue weighted by molar-refractivity contribution is 9.09. The number of hydrogen-bond acceptors (Lipinski definition) is 4. The van der Waals surface area contributed by atoms with Crippen molar-refractivity contribution in [2.75, 3.05) is 11.9 Å². The maximum absolute atomic E-state index is 5.96. The van der Waals surface area contributed by atoms with Crippen molar-refractivity contribution >= 4 is 28.5 Å². The molecule has 6 heteroatoms. The molecule has 1 aromatic heterocycles. The third-order valence-corrected chi connectivity index (χ3v) is 3.94. The van der Waals surface area contributed by atoms with Crippen molar-refractivity contribution < 1.29 is 14.0 Å². The third-order valence-electron chi connectivity index (χ3n) is 3.61. The van der Waals surface area contributed by atoms with E-state index in [0.717, 1.165) is 10.8 Å². The summed E-state index contributed by atoms with van der Waals surface area (Å²) in [5.74, 6) is 0.611. The van der Waals surface area contributed by atoms with Crippen molar-refractivity contribution in [3.8, 4) is 5.88 Å². The fourth-order valence-corrected chi connectivity index (χ4v) is 1.90. The van der Waals surface area contributed by atoms with Gasteiger partial charge in [0.25, 0.3) is 0 Å². The number of nitrogens with zero attached hydrogens (tertiary/aromatic N) is 1. The molecule has 0 bridgehead atoms. The second kappa shape index (κ2) is 5.42. The summed E-state index contributed by atoms with van der Waals surface area (Å²) in [6.45, 7) is 8.74. The molecule has 0 aliphatic carbocycles. The van der Waals surface area contributed by atoms with E-state index < -0.39 is 0 Å². The Morgan fingerprint density at radius 1 is 1.21 bits per heavy atom. The minimum absolute atomic E-state index is 0.331. The van der Waals surface area contributed by atoms with E-state index >= 15 is 0 Å². The number of halogens is 1. The van der Waals surface area contributed by atoms with Gasteiger partial charge in [-0.05, 0) is 33.8 Å². The number of pyridine rings is 1. The summed E-state index contributed by atoms with van der Waals surface area (Å²) >= 11 is 3.31. The van der Waals surface area contributed by atoms with Crippen LogP contribution in [0.2, 0.25) is 0 Å². The maximum Gasteiger partial charge on any atom is 0.496 e. The number of rotatable bonds is 4. The molecule has 1 aliphatic heterocycles. The topological polar surface area (TPSA) is 40.6 Å². The standard InChI is InChI=1S/C13H19BBrNO3/c1-12(2)13(3,4)19-14(18-12)10-5-6-11(16-9-10)17-8-7-15/h5-6,9H,7-8H2,1-4H3. The Morgan fingerprint density at radius 2 is 1.84 bits per heavy atom. The summed E-state index contributed by atoms with van der Waals surface area (Å²) in [7, 11) is -0.372. The minimum Gasteiger partial charge on any atom is -0.477 e. The van der Waals surface area contributed by atoms with Crippen molar-refractivity contribution in [1.29, 1.82) is 0 Å². The lowest BCUT2D eigenvalue weighted by molar-refractivity contribution is 0.00578. The summed E-state index contributed by atoms with van der Waals surface area (Å²) in [5, 5.41) is 0.785. The lowest BCUT2D eigenvalue weighted by Crippen LogP contribution is -2.41. The van der Waals surface area contributed by atoms with E-state index in [1.807, 2.05) is 39.8 Å². The highest BCUT2D eigenvalue weighted by Crippen LogP contribution is 2.36. The fraction of sp³-hybridized carbons (Fsp3) is 0.615. The van der Waals surface area contributed by atoms with E-state index in [9.17, 15) is 0 Å². The molecule has 19 heavy (non-hydrogen) atoms. The van der Waals surface area contributed by atoms with Gasteiger partial charge in [0.2, 0.25) is 5.88 Å². The first-order chi connectivity index (χ1) is 8.86. The van der Waals surface area contributed by atoms with E-state index in [1.165, 1.54) is 0 Å². The molecular weight excluding hydrogens is 309 g/mol. The SMILES string of the molecule is CC1(C)OB(c2ccc(OCCBr)nc2)OC1(C)C. The van der Waals surface area contributed by atoms with Crippen LogP contribution in [0.25, 0.3) is 0 Å². The van der Waals surface area contributed by atoms with Crippen LogP contribution in [0.15, 0.2) is 18.3 Å². The van der Waals surface area contributed by atoms with Crippen LogP contribution in [0.1, 0.15) is 27.7 Å². The van der Waals surface area contributed by atoms with Crippen molar-refractivity contribution in [3.63, 3.8) is 0 Å². The first-order valence-corrected chi connectivity index (χ1v) is 7.48. The summed E-state index contributed by atoms with van der Waals surface area (Å²) < 4.78 is 17.3. The second-order valence-corrected chi connectivity index (χ2v) is 6.35. The Kier molecular flexibility index (Phi) is 4.23. The molecule has 0 atom stereocenters. The summed E-state index contributed by atoms with van der Waals surface area (Å²) in [5.41, 5.74) is 0.246. The minimum atomic E-state index is -0.372. The van der Waals surface area contributed by atoms with Crippen LogP contribution in [0.3, 0.4) is 0 Å². The first kappa shape index (κ1) is 14.8. The molecule has 1 aliphatic rings. The molecule has 0 saturated carbocycles. The molecule has 4 nitrogen and oxygen atoms in total. The summed E-state index contributed by atoms with van der Waals surface area (Å²) in [4.78, 5) is 4.25. The lowest BCUT2D eigenvalue weighted by Gasteiger charge is -2.32. The normalized spacial score (nSPS) is 20.6. The molecule has 1 fully saturated rings. The number of aromatic nitrogens is 1. The zero-order chi connectivity index (χ0) is 14.1. The van der Waals surface area contributed by atoms with Gasteiger partial charge in [0.1, 0.15) is 0 Å². The molecular formula is C13H19BBrNO3. The van der Waals surface area contributed by atoms with E-state index in [-0.39, 0.29) is 18.3 Å². The van der Waals surface area contributed by atoms with Crippen molar-refractivity contribution in [3.05, 3.63) is 18.3 Å². The average Bonchev–Trinajstić information content (AvgIpc) is 2.56. The predicted molar refractivity (Wildman–Crippen MR) is 79.2 cm³/mol. The molecule has 0 N–H and O–H groups in total. The molecule has 1 saturated heterocycles. The van der Waals surface area contributed by atoms with Gasteiger partial charge in [-0.25, -0.2) is 4.98 Å². The Labute approximate surface area is 123 Å². The Hall–Kier alpha value is -0.585. The zero-order valence-corrected chi connectivity index (χ0v) is 13.4. The third kappa shape index (κ3) is 3.12. The second-order valence-electron chi connectivity index (χ2n) is 5.56. The van der Waals surface area contributed by atoms with E-state index in [0.29, 0.717) is 12.5 Å². The van der Waals surface area contributed by atoms with Crippen molar-refractivity contribution in [2.45, 2.75) is 38.9 Å². The average molecular weight is 328 g/mol. The van der Waals surface area contributed by atoms with Crippen molar-refractivity contribution in [1.82, 2.24) is 4.98 Å². The predicted octanol–water partition coefficient (Wildman–Crippen LogP) is 2.15. The van der Waals surface area contributed by atoms with Gasteiger partial charge >= 0.3 is 7.12 Å². The van der Waals surface area contributed by atoms with Crippen LogP contribution in [-0.4, -0.2) is 35.2 Å². The number of ether oxygens (including phenoxy) is 1. The highest BCUT2D eigenvalue weighted by Gasteiger charge is 2.51. The Balaban J connectivity index is 2.08. The molecule has 0 radical (unpaired) electrons. The molecule has 2 heterocycles. The van der Waals surface area contributed by atoms with Gasteiger partial charge in [-0.3, -0.25) is 0 Å². The molecule has 1 aromatic rings. The fourth-order valence-electron chi connectivity index (χ4n) is 1.74. The monoisotopic (exact) mass is 327 g/mol. The molecule has 0 unspecified atom stereocenters. The Morgan fingerprint density at radius 3 is 2.32 bits per heavy atom. The van der Waals surface area contributed by atoms with Gasteiger partial charge in [-0.15, -0.1) is 0 Å². The van der Waals surface area contributed by atoms with Crippen LogP contribution >= 0.6 is 15.9 Å². The van der Waals surface area contributed by atoms with Crippen LogP contribution in [0, 0.1) is 0 Å². The van der Waals surface area contributed by atoms with Crippen LogP contribution in [-0.2, 0) is 9.31 Å². The quantitative estimate of drug-likeness (QED) is 0.627. The van der Waals surface area contributed by atoms with Crippen LogP contribution in [0.5, 0.6) is 5.88 Å². The number of hydrogen-bond donors (Lipinski definition) is 0.